The summed E-state index contributed by atoms with van der Waals surface area (Å²) in [6.45, 7) is 2.08. The zero-order valence-corrected chi connectivity index (χ0v) is 17.1. The number of methoxy groups -OCH3 is 1. The molecule has 2 heterocycles. The van der Waals surface area contributed by atoms with Crippen LogP contribution in [0.3, 0.4) is 0 Å². The molecule has 1 saturated heterocycles. The molecule has 7 nitrogen and oxygen atoms in total. The Labute approximate surface area is 175 Å². The van der Waals surface area contributed by atoms with Crippen molar-refractivity contribution in [2.75, 3.05) is 20.3 Å². The minimum atomic E-state index is -1.41. The second-order valence-electron chi connectivity index (χ2n) is 7.93. The molecular weight excluding hydrogens is 388 g/mol. The molecule has 4 N–H and O–H groups in total. The molecule has 2 aromatic carbocycles. The molecule has 0 radical (unpaired) electrons. The summed E-state index contributed by atoms with van der Waals surface area (Å²) in [4.78, 5) is 0. The van der Waals surface area contributed by atoms with Crippen molar-refractivity contribution in [3.05, 3.63) is 58.1 Å². The van der Waals surface area contributed by atoms with Crippen molar-refractivity contribution in [2.24, 2.45) is 0 Å². The van der Waals surface area contributed by atoms with Gasteiger partial charge in [-0.3, -0.25) is 0 Å². The standard InChI is InChI=1S/C23H28O7/c1-12-16-7-8-29-22(16)14(9-13-3-5-15(28-2)6-4-13)10-17(12)23-21(27)20(26)19(25)18(11-24)30-23/h3-6,10,18-21,23-27H,7-9,11H2,1-2H3. The normalized spacial score (nSPS) is 28.1. The summed E-state index contributed by atoms with van der Waals surface area (Å²) in [5.74, 6) is 1.64. The average Bonchev–Trinajstić information content (AvgIpc) is 3.26. The van der Waals surface area contributed by atoms with Gasteiger partial charge in [0.15, 0.2) is 0 Å². The van der Waals surface area contributed by atoms with Crippen LogP contribution in [0.25, 0.3) is 0 Å². The first kappa shape index (κ1) is 21.1. The number of rotatable bonds is 5. The second kappa shape index (κ2) is 8.53. The van der Waals surface area contributed by atoms with E-state index in [9.17, 15) is 20.4 Å². The van der Waals surface area contributed by atoms with Crippen LogP contribution in [0.1, 0.15) is 33.9 Å². The van der Waals surface area contributed by atoms with Crippen molar-refractivity contribution in [3.8, 4) is 11.5 Å². The van der Waals surface area contributed by atoms with E-state index in [-0.39, 0.29) is 0 Å². The van der Waals surface area contributed by atoms with Gasteiger partial charge in [0, 0.05) is 18.4 Å². The number of aliphatic hydroxyl groups is 4. The Morgan fingerprint density at radius 1 is 1.07 bits per heavy atom. The van der Waals surface area contributed by atoms with Gasteiger partial charge in [0.1, 0.15) is 42.0 Å². The highest BCUT2D eigenvalue weighted by Crippen LogP contribution is 2.41. The topological polar surface area (TPSA) is 109 Å². The Kier molecular flexibility index (Phi) is 5.99. The minimum Gasteiger partial charge on any atom is -0.497 e. The van der Waals surface area contributed by atoms with Crippen LogP contribution in [0.5, 0.6) is 11.5 Å². The van der Waals surface area contributed by atoms with E-state index in [1.165, 1.54) is 0 Å². The minimum absolute atomic E-state index is 0.451. The molecule has 0 aliphatic carbocycles. The lowest BCUT2D eigenvalue weighted by molar-refractivity contribution is -0.231. The Balaban J connectivity index is 1.72. The summed E-state index contributed by atoms with van der Waals surface area (Å²) in [5.41, 5.74) is 4.78. The van der Waals surface area contributed by atoms with Crippen LogP contribution in [0.4, 0.5) is 0 Å². The molecular formula is C23H28O7. The van der Waals surface area contributed by atoms with Crippen LogP contribution in [0.15, 0.2) is 30.3 Å². The summed E-state index contributed by atoms with van der Waals surface area (Å²) >= 11 is 0. The smallest absolute Gasteiger partial charge is 0.126 e. The van der Waals surface area contributed by atoms with Crippen LogP contribution in [-0.2, 0) is 17.6 Å². The van der Waals surface area contributed by atoms with Crippen LogP contribution in [0, 0.1) is 6.92 Å². The van der Waals surface area contributed by atoms with Gasteiger partial charge in [0.05, 0.1) is 20.3 Å². The number of aliphatic hydroxyl groups excluding tert-OH is 4. The fraction of sp³-hybridized carbons (Fsp3) is 0.478. The Hall–Kier alpha value is -2.16. The van der Waals surface area contributed by atoms with Crippen molar-refractivity contribution in [3.63, 3.8) is 0 Å². The number of ether oxygens (including phenoxy) is 3. The summed E-state index contributed by atoms with van der Waals surface area (Å²) in [7, 11) is 1.63. The first-order valence-electron chi connectivity index (χ1n) is 10.2. The van der Waals surface area contributed by atoms with E-state index in [0.29, 0.717) is 13.0 Å². The van der Waals surface area contributed by atoms with Gasteiger partial charge in [0.25, 0.3) is 0 Å². The number of hydrogen-bond donors (Lipinski definition) is 4. The zero-order valence-electron chi connectivity index (χ0n) is 17.1. The molecule has 4 rings (SSSR count). The average molecular weight is 416 g/mol. The van der Waals surface area contributed by atoms with Crippen molar-refractivity contribution in [1.29, 1.82) is 0 Å². The van der Waals surface area contributed by atoms with Gasteiger partial charge in [0.2, 0.25) is 0 Å². The van der Waals surface area contributed by atoms with Gasteiger partial charge in [-0.05, 0) is 47.4 Å². The van der Waals surface area contributed by atoms with E-state index in [4.69, 9.17) is 14.2 Å². The molecule has 2 aliphatic heterocycles. The van der Waals surface area contributed by atoms with E-state index in [2.05, 4.69) is 0 Å². The summed E-state index contributed by atoms with van der Waals surface area (Å²) < 4.78 is 17.0. The molecule has 5 unspecified atom stereocenters. The Morgan fingerprint density at radius 2 is 1.80 bits per heavy atom. The molecule has 5 atom stereocenters. The van der Waals surface area contributed by atoms with Crippen molar-refractivity contribution in [2.45, 2.75) is 50.3 Å². The number of fused-ring (bicyclic) bond motifs is 1. The number of benzene rings is 2. The fourth-order valence-electron chi connectivity index (χ4n) is 4.38. The zero-order chi connectivity index (χ0) is 21.4. The molecule has 0 bridgehead atoms. The highest BCUT2D eigenvalue weighted by atomic mass is 16.5. The predicted octanol–water partition coefficient (Wildman–Crippen LogP) is 1.04. The van der Waals surface area contributed by atoms with Gasteiger partial charge in [-0.1, -0.05) is 12.1 Å². The van der Waals surface area contributed by atoms with Crippen molar-refractivity contribution >= 4 is 0 Å². The van der Waals surface area contributed by atoms with E-state index >= 15 is 0 Å². The molecule has 30 heavy (non-hydrogen) atoms. The quantitative estimate of drug-likeness (QED) is 0.577. The van der Waals surface area contributed by atoms with Crippen molar-refractivity contribution < 1.29 is 34.6 Å². The molecule has 0 amide bonds. The van der Waals surface area contributed by atoms with Gasteiger partial charge >= 0.3 is 0 Å². The molecule has 0 spiro atoms. The lowest BCUT2D eigenvalue weighted by Crippen LogP contribution is -2.55. The SMILES string of the molecule is COc1ccc(Cc2cc(C3OC(CO)C(O)C(O)C3O)c(C)c3c2OCC3)cc1. The van der Waals surface area contributed by atoms with Gasteiger partial charge in [-0.25, -0.2) is 0 Å². The second-order valence-corrected chi connectivity index (χ2v) is 7.93. The van der Waals surface area contributed by atoms with E-state index in [0.717, 1.165) is 45.7 Å². The molecule has 1 fully saturated rings. The van der Waals surface area contributed by atoms with Crippen LogP contribution < -0.4 is 9.47 Å². The van der Waals surface area contributed by atoms with E-state index in [1.807, 2.05) is 37.3 Å². The maximum Gasteiger partial charge on any atom is 0.126 e. The van der Waals surface area contributed by atoms with E-state index in [1.54, 1.807) is 7.11 Å². The van der Waals surface area contributed by atoms with Gasteiger partial charge in [-0.15, -0.1) is 0 Å². The molecule has 2 aromatic rings. The summed E-state index contributed by atoms with van der Waals surface area (Å²) in [5, 5.41) is 40.5. The predicted molar refractivity (Wildman–Crippen MR) is 109 cm³/mol. The Morgan fingerprint density at radius 3 is 2.47 bits per heavy atom. The van der Waals surface area contributed by atoms with Crippen LogP contribution in [-0.4, -0.2) is 65.2 Å². The van der Waals surface area contributed by atoms with Crippen LogP contribution >= 0.6 is 0 Å². The third-order valence-electron chi connectivity index (χ3n) is 6.13. The first-order valence-corrected chi connectivity index (χ1v) is 10.2. The molecule has 162 valence electrons. The lowest BCUT2D eigenvalue weighted by Gasteiger charge is -2.41. The van der Waals surface area contributed by atoms with Gasteiger partial charge < -0.3 is 34.6 Å². The molecule has 0 aromatic heterocycles. The third kappa shape index (κ3) is 3.68. The summed E-state index contributed by atoms with van der Waals surface area (Å²) in [6.07, 6.45) is -4.52. The fourth-order valence-corrected chi connectivity index (χ4v) is 4.38. The maximum absolute atomic E-state index is 10.6. The molecule has 0 saturated carbocycles. The number of hydrogen-bond acceptors (Lipinski definition) is 7. The summed E-state index contributed by atoms with van der Waals surface area (Å²) in [6, 6.07) is 9.74. The monoisotopic (exact) mass is 416 g/mol. The first-order chi connectivity index (χ1) is 14.4. The largest absolute Gasteiger partial charge is 0.497 e. The maximum atomic E-state index is 10.6. The van der Waals surface area contributed by atoms with E-state index < -0.39 is 37.1 Å². The van der Waals surface area contributed by atoms with Crippen molar-refractivity contribution in [1.82, 2.24) is 0 Å². The van der Waals surface area contributed by atoms with Gasteiger partial charge in [-0.2, -0.15) is 0 Å². The highest BCUT2D eigenvalue weighted by molar-refractivity contribution is 5.54. The molecule has 2 aliphatic rings. The highest BCUT2D eigenvalue weighted by Gasteiger charge is 2.45. The third-order valence-corrected chi connectivity index (χ3v) is 6.13. The Bertz CT molecular complexity index is 893. The molecule has 7 heteroatoms. The lowest BCUT2D eigenvalue weighted by atomic mass is 9.85. The van der Waals surface area contributed by atoms with Crippen LogP contribution in [0.2, 0.25) is 0 Å².